The van der Waals surface area contributed by atoms with Crippen LogP contribution in [-0.2, 0) is 6.42 Å². The Bertz CT molecular complexity index is 766. The van der Waals surface area contributed by atoms with Gasteiger partial charge in [-0.2, -0.15) is 0 Å². The van der Waals surface area contributed by atoms with Gasteiger partial charge in [-0.25, -0.2) is 0 Å². The van der Waals surface area contributed by atoms with Crippen molar-refractivity contribution in [2.45, 2.75) is 24.8 Å². The Balaban J connectivity index is 1.83. The van der Waals surface area contributed by atoms with E-state index >= 15 is 0 Å². The van der Waals surface area contributed by atoms with E-state index in [-0.39, 0.29) is 12.0 Å². The fraction of sp³-hybridized carbons (Fsp3) is 0.250. The maximum atomic E-state index is 6.54. The third-order valence-corrected chi connectivity index (χ3v) is 4.92. The third-order valence-electron chi connectivity index (χ3n) is 4.92. The molecule has 3 aromatic carbocycles. The number of ether oxygens (including phenoxy) is 2. The Morgan fingerprint density at radius 2 is 1.19 bits per heavy atom. The van der Waals surface area contributed by atoms with Gasteiger partial charge in [0.2, 0.25) is 0 Å². The van der Waals surface area contributed by atoms with Gasteiger partial charge in [0.05, 0.1) is 14.2 Å². The summed E-state index contributed by atoms with van der Waals surface area (Å²) >= 11 is 0. The van der Waals surface area contributed by atoms with Gasteiger partial charge in [-0.15, -0.1) is 0 Å². The molecule has 3 nitrogen and oxygen atoms in total. The fourth-order valence-electron chi connectivity index (χ4n) is 3.44. The van der Waals surface area contributed by atoms with Crippen molar-refractivity contribution < 1.29 is 9.47 Å². The quantitative estimate of drug-likeness (QED) is 0.627. The number of methoxy groups -OCH3 is 2. The highest BCUT2D eigenvalue weighted by Crippen LogP contribution is 2.31. The maximum absolute atomic E-state index is 6.54. The minimum absolute atomic E-state index is 0.0709. The Labute approximate surface area is 161 Å². The summed E-state index contributed by atoms with van der Waals surface area (Å²) in [5, 5.41) is 0. The molecule has 3 aromatic rings. The van der Waals surface area contributed by atoms with Gasteiger partial charge in [0, 0.05) is 12.0 Å². The Morgan fingerprint density at radius 3 is 1.63 bits per heavy atom. The Kier molecular flexibility index (Phi) is 6.50. The van der Waals surface area contributed by atoms with Gasteiger partial charge >= 0.3 is 0 Å². The summed E-state index contributed by atoms with van der Waals surface area (Å²) in [5.41, 5.74) is 10.3. The molecule has 0 heterocycles. The van der Waals surface area contributed by atoms with Crippen molar-refractivity contribution in [2.24, 2.45) is 5.73 Å². The number of benzene rings is 3. The molecule has 0 saturated heterocycles. The predicted octanol–water partition coefficient (Wildman–Crippen LogP) is 4.80. The molecule has 0 aromatic heterocycles. The summed E-state index contributed by atoms with van der Waals surface area (Å²) in [4.78, 5) is 0. The molecule has 0 bridgehead atoms. The first-order chi connectivity index (χ1) is 13.2. The van der Waals surface area contributed by atoms with Crippen LogP contribution in [0.2, 0.25) is 0 Å². The van der Waals surface area contributed by atoms with Crippen molar-refractivity contribution in [1.29, 1.82) is 0 Å². The SMILES string of the molecule is COc1ccc(C(CC(N)Cc2ccccc2)c2ccc(OC)cc2)cc1. The molecule has 0 amide bonds. The van der Waals surface area contributed by atoms with Crippen LogP contribution >= 0.6 is 0 Å². The number of nitrogens with two attached hydrogens (primary N) is 1. The summed E-state index contributed by atoms with van der Waals surface area (Å²) in [6.07, 6.45) is 1.73. The van der Waals surface area contributed by atoms with Gasteiger partial charge in [0.15, 0.2) is 0 Å². The highest BCUT2D eigenvalue weighted by Gasteiger charge is 2.18. The van der Waals surface area contributed by atoms with Crippen molar-refractivity contribution >= 4 is 0 Å². The van der Waals surface area contributed by atoms with Gasteiger partial charge in [0.1, 0.15) is 11.5 Å². The first-order valence-electron chi connectivity index (χ1n) is 9.27. The van der Waals surface area contributed by atoms with Crippen molar-refractivity contribution in [1.82, 2.24) is 0 Å². The van der Waals surface area contributed by atoms with E-state index in [1.54, 1.807) is 14.2 Å². The molecule has 3 heteroatoms. The highest BCUT2D eigenvalue weighted by molar-refractivity contribution is 5.38. The van der Waals surface area contributed by atoms with E-state index in [0.717, 1.165) is 24.3 Å². The smallest absolute Gasteiger partial charge is 0.118 e. The zero-order valence-corrected chi connectivity index (χ0v) is 16.0. The molecule has 27 heavy (non-hydrogen) atoms. The summed E-state index contributed by atoms with van der Waals surface area (Å²) in [6, 6.07) is 27.0. The second-order valence-corrected chi connectivity index (χ2v) is 6.78. The van der Waals surface area contributed by atoms with Crippen LogP contribution in [0.1, 0.15) is 29.0 Å². The lowest BCUT2D eigenvalue weighted by Gasteiger charge is -2.23. The highest BCUT2D eigenvalue weighted by atomic mass is 16.5. The van der Waals surface area contributed by atoms with E-state index in [1.807, 2.05) is 30.3 Å². The molecule has 0 spiro atoms. The Morgan fingerprint density at radius 1 is 0.704 bits per heavy atom. The van der Waals surface area contributed by atoms with Crippen LogP contribution in [0.4, 0.5) is 0 Å². The zero-order valence-electron chi connectivity index (χ0n) is 16.0. The molecule has 2 N–H and O–H groups in total. The van der Waals surface area contributed by atoms with Gasteiger partial charge in [-0.1, -0.05) is 54.6 Å². The molecule has 0 saturated carbocycles. The summed E-state index contributed by atoms with van der Waals surface area (Å²) in [5.74, 6) is 1.95. The van der Waals surface area contributed by atoms with E-state index in [1.165, 1.54) is 16.7 Å². The van der Waals surface area contributed by atoms with Crippen LogP contribution < -0.4 is 15.2 Å². The second kappa shape index (κ2) is 9.24. The monoisotopic (exact) mass is 361 g/mol. The molecule has 1 atom stereocenters. The maximum Gasteiger partial charge on any atom is 0.118 e. The number of hydrogen-bond donors (Lipinski definition) is 1. The molecule has 0 radical (unpaired) electrons. The van der Waals surface area contributed by atoms with E-state index < -0.39 is 0 Å². The molecule has 0 aliphatic heterocycles. The van der Waals surface area contributed by atoms with Gasteiger partial charge in [-0.3, -0.25) is 0 Å². The minimum atomic E-state index is 0.0709. The summed E-state index contributed by atoms with van der Waals surface area (Å²) in [7, 11) is 3.37. The largest absolute Gasteiger partial charge is 0.497 e. The van der Waals surface area contributed by atoms with E-state index in [2.05, 4.69) is 48.5 Å². The van der Waals surface area contributed by atoms with Crippen LogP contribution in [0.5, 0.6) is 11.5 Å². The lowest BCUT2D eigenvalue weighted by molar-refractivity contribution is 0.414. The average Bonchev–Trinajstić information content (AvgIpc) is 2.73. The van der Waals surface area contributed by atoms with Crippen molar-refractivity contribution in [3.8, 4) is 11.5 Å². The van der Waals surface area contributed by atoms with E-state index in [4.69, 9.17) is 15.2 Å². The van der Waals surface area contributed by atoms with Crippen LogP contribution in [-0.4, -0.2) is 20.3 Å². The topological polar surface area (TPSA) is 44.5 Å². The standard InChI is InChI=1S/C24H27NO2/c1-26-22-12-8-19(9-13-22)24(20-10-14-23(27-2)15-11-20)17-21(25)16-18-6-4-3-5-7-18/h3-15,21,24H,16-17,25H2,1-2H3. The van der Waals surface area contributed by atoms with Crippen molar-refractivity contribution in [3.05, 3.63) is 95.6 Å². The third kappa shape index (κ3) is 5.11. The second-order valence-electron chi connectivity index (χ2n) is 6.78. The normalized spacial score (nSPS) is 12.0. The van der Waals surface area contributed by atoms with Gasteiger partial charge in [0.25, 0.3) is 0 Å². The summed E-state index contributed by atoms with van der Waals surface area (Å²) < 4.78 is 10.6. The minimum Gasteiger partial charge on any atom is -0.497 e. The van der Waals surface area contributed by atoms with Crippen LogP contribution in [0.25, 0.3) is 0 Å². The van der Waals surface area contributed by atoms with Gasteiger partial charge < -0.3 is 15.2 Å². The molecule has 0 aliphatic carbocycles. The molecule has 0 fully saturated rings. The van der Waals surface area contributed by atoms with Crippen LogP contribution in [0.3, 0.4) is 0 Å². The van der Waals surface area contributed by atoms with Gasteiger partial charge in [-0.05, 0) is 53.8 Å². The van der Waals surface area contributed by atoms with E-state index in [9.17, 15) is 0 Å². The summed E-state index contributed by atoms with van der Waals surface area (Å²) in [6.45, 7) is 0. The molecular formula is C24H27NO2. The first kappa shape index (κ1) is 19.0. The molecular weight excluding hydrogens is 334 g/mol. The molecule has 140 valence electrons. The lowest BCUT2D eigenvalue weighted by Crippen LogP contribution is -2.26. The predicted molar refractivity (Wildman–Crippen MR) is 111 cm³/mol. The molecule has 0 aliphatic rings. The molecule has 3 rings (SSSR count). The molecule has 1 unspecified atom stereocenters. The lowest BCUT2D eigenvalue weighted by atomic mass is 9.84. The average molecular weight is 361 g/mol. The number of hydrogen-bond acceptors (Lipinski definition) is 3. The van der Waals surface area contributed by atoms with Crippen molar-refractivity contribution in [3.63, 3.8) is 0 Å². The zero-order chi connectivity index (χ0) is 19.1. The first-order valence-corrected chi connectivity index (χ1v) is 9.27. The fourth-order valence-corrected chi connectivity index (χ4v) is 3.44. The van der Waals surface area contributed by atoms with Crippen molar-refractivity contribution in [2.75, 3.05) is 14.2 Å². The Hall–Kier alpha value is -2.78. The van der Waals surface area contributed by atoms with E-state index in [0.29, 0.717) is 0 Å². The number of rotatable bonds is 8. The van der Waals surface area contributed by atoms with Crippen LogP contribution in [0.15, 0.2) is 78.9 Å². The van der Waals surface area contributed by atoms with Crippen LogP contribution in [0, 0.1) is 0 Å².